The van der Waals surface area contributed by atoms with Crippen molar-refractivity contribution in [2.75, 3.05) is 0 Å². The van der Waals surface area contributed by atoms with Crippen LogP contribution >= 0.6 is 0 Å². The Morgan fingerprint density at radius 1 is 1.27 bits per heavy atom. The third-order valence-electron chi connectivity index (χ3n) is 2.22. The molecule has 0 aliphatic heterocycles. The minimum atomic E-state index is 0.652. The molecule has 0 aromatic rings. The lowest BCUT2D eigenvalue weighted by Crippen LogP contribution is -1.99. The largest absolute Gasteiger partial charge is 0.303 e. The first-order chi connectivity index (χ1) is 5.35. The average molecular weight is 156 g/mol. The minimum absolute atomic E-state index is 0.652. The Labute approximate surface area is 70.2 Å². The van der Waals surface area contributed by atoms with E-state index in [2.05, 4.69) is 13.8 Å². The van der Waals surface area contributed by atoms with Gasteiger partial charge in [0.1, 0.15) is 6.29 Å². The van der Waals surface area contributed by atoms with Gasteiger partial charge < -0.3 is 4.79 Å². The summed E-state index contributed by atoms with van der Waals surface area (Å²) in [5, 5.41) is 0. The fourth-order valence-electron chi connectivity index (χ4n) is 1.31. The van der Waals surface area contributed by atoms with E-state index in [0.29, 0.717) is 5.92 Å². The number of carbonyl (C=O) groups excluding carboxylic acids is 1. The molecule has 0 spiro atoms. The summed E-state index contributed by atoms with van der Waals surface area (Å²) in [6, 6.07) is 0. The molecule has 0 radical (unpaired) electrons. The van der Waals surface area contributed by atoms with Gasteiger partial charge in [-0.15, -0.1) is 0 Å². The summed E-state index contributed by atoms with van der Waals surface area (Å²) in [5.74, 6) is 0.652. The normalized spacial score (nSPS) is 12.9. The first-order valence-corrected chi connectivity index (χ1v) is 4.78. The Morgan fingerprint density at radius 3 is 2.45 bits per heavy atom. The fraction of sp³-hybridized carbons (Fsp3) is 0.900. The minimum Gasteiger partial charge on any atom is -0.303 e. The Morgan fingerprint density at radius 2 is 2.00 bits per heavy atom. The van der Waals surface area contributed by atoms with Gasteiger partial charge in [0.15, 0.2) is 0 Å². The van der Waals surface area contributed by atoms with Gasteiger partial charge in [-0.1, -0.05) is 46.0 Å². The molecule has 0 amide bonds. The lowest BCUT2D eigenvalue weighted by atomic mass is 9.96. The predicted octanol–water partition coefficient (Wildman–Crippen LogP) is 3.18. The van der Waals surface area contributed by atoms with Crippen LogP contribution in [0, 0.1) is 5.92 Å². The van der Waals surface area contributed by atoms with Crippen LogP contribution in [0.1, 0.15) is 52.4 Å². The first-order valence-electron chi connectivity index (χ1n) is 4.78. The lowest BCUT2D eigenvalue weighted by Gasteiger charge is -2.09. The zero-order valence-corrected chi connectivity index (χ0v) is 7.81. The zero-order chi connectivity index (χ0) is 8.53. The molecular weight excluding hydrogens is 136 g/mol. The van der Waals surface area contributed by atoms with Gasteiger partial charge in [-0.3, -0.25) is 0 Å². The highest BCUT2D eigenvalue weighted by Gasteiger charge is 2.03. The van der Waals surface area contributed by atoms with E-state index >= 15 is 0 Å². The van der Waals surface area contributed by atoms with Crippen LogP contribution in [0.4, 0.5) is 0 Å². The van der Waals surface area contributed by atoms with Gasteiger partial charge in [0, 0.05) is 6.42 Å². The van der Waals surface area contributed by atoms with Crippen molar-refractivity contribution in [1.29, 1.82) is 0 Å². The van der Waals surface area contributed by atoms with E-state index in [1.54, 1.807) is 0 Å². The lowest BCUT2D eigenvalue weighted by molar-refractivity contribution is -0.108. The standard InChI is InChI=1S/C10H20O/c1-3-5-6-7-10(4-2)8-9-11/h9-10H,3-8H2,1-2H3. The van der Waals surface area contributed by atoms with E-state index in [1.807, 2.05) is 0 Å². The van der Waals surface area contributed by atoms with Crippen molar-refractivity contribution in [3.05, 3.63) is 0 Å². The molecule has 1 unspecified atom stereocenters. The topological polar surface area (TPSA) is 17.1 Å². The quantitative estimate of drug-likeness (QED) is 0.408. The van der Waals surface area contributed by atoms with Gasteiger partial charge in [0.25, 0.3) is 0 Å². The Bertz CT molecular complexity index is 88.9. The molecule has 0 aromatic carbocycles. The van der Waals surface area contributed by atoms with Crippen LogP contribution in [-0.2, 0) is 4.79 Å². The molecule has 1 heteroatoms. The molecule has 0 aliphatic rings. The van der Waals surface area contributed by atoms with E-state index in [9.17, 15) is 4.79 Å². The molecule has 11 heavy (non-hydrogen) atoms. The molecule has 66 valence electrons. The van der Waals surface area contributed by atoms with Gasteiger partial charge in [-0.25, -0.2) is 0 Å². The van der Waals surface area contributed by atoms with Crippen LogP contribution in [-0.4, -0.2) is 6.29 Å². The molecule has 0 aromatic heterocycles. The van der Waals surface area contributed by atoms with Crippen molar-refractivity contribution in [1.82, 2.24) is 0 Å². The van der Waals surface area contributed by atoms with Crippen molar-refractivity contribution >= 4 is 6.29 Å². The zero-order valence-electron chi connectivity index (χ0n) is 7.81. The predicted molar refractivity (Wildman–Crippen MR) is 48.6 cm³/mol. The molecule has 0 rings (SSSR count). The third-order valence-corrected chi connectivity index (χ3v) is 2.22. The second-order valence-corrected chi connectivity index (χ2v) is 3.17. The monoisotopic (exact) mass is 156 g/mol. The van der Waals surface area contributed by atoms with Gasteiger partial charge in [-0.05, 0) is 5.92 Å². The van der Waals surface area contributed by atoms with E-state index in [-0.39, 0.29) is 0 Å². The second kappa shape index (κ2) is 7.77. The summed E-state index contributed by atoms with van der Waals surface area (Å²) in [5.41, 5.74) is 0. The van der Waals surface area contributed by atoms with Crippen molar-refractivity contribution in [3.63, 3.8) is 0 Å². The molecular formula is C10H20O. The summed E-state index contributed by atoms with van der Waals surface area (Å²) in [7, 11) is 0. The van der Waals surface area contributed by atoms with Crippen LogP contribution in [0.5, 0.6) is 0 Å². The maximum absolute atomic E-state index is 10.2. The van der Waals surface area contributed by atoms with Gasteiger partial charge in [0.2, 0.25) is 0 Å². The van der Waals surface area contributed by atoms with Crippen LogP contribution < -0.4 is 0 Å². The molecule has 0 saturated carbocycles. The summed E-state index contributed by atoms with van der Waals surface area (Å²) < 4.78 is 0. The van der Waals surface area contributed by atoms with E-state index < -0.39 is 0 Å². The number of unbranched alkanes of at least 4 members (excludes halogenated alkanes) is 2. The number of hydrogen-bond acceptors (Lipinski definition) is 1. The number of rotatable bonds is 7. The fourth-order valence-corrected chi connectivity index (χ4v) is 1.31. The molecule has 0 heterocycles. The number of aldehydes is 1. The van der Waals surface area contributed by atoms with Crippen molar-refractivity contribution in [3.8, 4) is 0 Å². The smallest absolute Gasteiger partial charge is 0.120 e. The molecule has 0 bridgehead atoms. The van der Waals surface area contributed by atoms with Gasteiger partial charge in [0.05, 0.1) is 0 Å². The summed E-state index contributed by atoms with van der Waals surface area (Å²) in [4.78, 5) is 10.2. The molecule has 0 saturated heterocycles. The molecule has 0 N–H and O–H groups in total. The SMILES string of the molecule is CCCCCC(CC)CC=O. The maximum atomic E-state index is 10.2. The summed E-state index contributed by atoms with van der Waals surface area (Å²) in [6.07, 6.45) is 8.10. The molecule has 1 atom stereocenters. The van der Waals surface area contributed by atoms with Crippen LogP contribution in [0.3, 0.4) is 0 Å². The van der Waals surface area contributed by atoms with E-state index in [0.717, 1.165) is 19.1 Å². The summed E-state index contributed by atoms with van der Waals surface area (Å²) >= 11 is 0. The van der Waals surface area contributed by atoms with Crippen molar-refractivity contribution in [2.45, 2.75) is 52.4 Å². The van der Waals surface area contributed by atoms with Crippen molar-refractivity contribution < 1.29 is 4.79 Å². The van der Waals surface area contributed by atoms with E-state index in [1.165, 1.54) is 25.7 Å². The van der Waals surface area contributed by atoms with Gasteiger partial charge in [-0.2, -0.15) is 0 Å². The highest BCUT2D eigenvalue weighted by molar-refractivity contribution is 5.49. The highest BCUT2D eigenvalue weighted by atomic mass is 16.1. The van der Waals surface area contributed by atoms with Crippen molar-refractivity contribution in [2.24, 2.45) is 5.92 Å². The average Bonchev–Trinajstić information content (AvgIpc) is 2.03. The highest BCUT2D eigenvalue weighted by Crippen LogP contribution is 2.15. The molecule has 0 aliphatic carbocycles. The first kappa shape index (κ1) is 10.7. The van der Waals surface area contributed by atoms with E-state index in [4.69, 9.17) is 0 Å². The van der Waals surface area contributed by atoms with Crippen LogP contribution in [0.25, 0.3) is 0 Å². The Hall–Kier alpha value is -0.330. The number of hydrogen-bond donors (Lipinski definition) is 0. The van der Waals surface area contributed by atoms with Crippen LogP contribution in [0.2, 0.25) is 0 Å². The summed E-state index contributed by atoms with van der Waals surface area (Å²) in [6.45, 7) is 4.38. The molecule has 1 nitrogen and oxygen atoms in total. The number of carbonyl (C=O) groups is 1. The van der Waals surface area contributed by atoms with Crippen LogP contribution in [0.15, 0.2) is 0 Å². The molecule has 0 fully saturated rings. The maximum Gasteiger partial charge on any atom is 0.120 e. The second-order valence-electron chi connectivity index (χ2n) is 3.17. The Balaban J connectivity index is 3.27. The van der Waals surface area contributed by atoms with Gasteiger partial charge >= 0.3 is 0 Å². The third kappa shape index (κ3) is 6.08. The Kier molecular flexibility index (Phi) is 7.54.